The van der Waals surface area contributed by atoms with Crippen molar-refractivity contribution in [3.8, 4) is 0 Å². The van der Waals surface area contributed by atoms with Gasteiger partial charge in [-0.15, -0.1) is 11.3 Å². The first kappa shape index (κ1) is 11.9. The van der Waals surface area contributed by atoms with E-state index >= 15 is 0 Å². The number of hydrogen-bond acceptors (Lipinski definition) is 5. The Morgan fingerprint density at radius 1 is 1.69 bits per heavy atom. The van der Waals surface area contributed by atoms with Crippen LogP contribution in [-0.4, -0.2) is 18.1 Å². The van der Waals surface area contributed by atoms with Crippen LogP contribution in [0.3, 0.4) is 0 Å². The monoisotopic (exact) mass is 202 g/mol. The highest BCUT2D eigenvalue weighted by Crippen LogP contribution is 2.11. The van der Waals surface area contributed by atoms with Crippen molar-refractivity contribution >= 4 is 22.4 Å². The van der Waals surface area contributed by atoms with Gasteiger partial charge in [0.2, 0.25) is 0 Å². The third kappa shape index (κ3) is 4.47. The van der Waals surface area contributed by atoms with E-state index in [9.17, 15) is 4.79 Å². The van der Waals surface area contributed by atoms with E-state index in [-0.39, 0.29) is 12.4 Å². The van der Waals surface area contributed by atoms with Crippen molar-refractivity contribution in [3.63, 3.8) is 0 Å². The predicted molar refractivity (Wildman–Crippen MR) is 53.6 cm³/mol. The quantitative estimate of drug-likeness (QED) is 0.737. The van der Waals surface area contributed by atoms with E-state index in [4.69, 9.17) is 5.73 Å². The van der Waals surface area contributed by atoms with Crippen molar-refractivity contribution in [1.82, 2.24) is 4.98 Å². The average molecular weight is 202 g/mol. The van der Waals surface area contributed by atoms with Crippen molar-refractivity contribution in [2.24, 2.45) is 0 Å². The van der Waals surface area contributed by atoms with E-state index in [2.05, 4.69) is 9.72 Å². The summed E-state index contributed by atoms with van der Waals surface area (Å²) in [7, 11) is 1.35. The van der Waals surface area contributed by atoms with E-state index in [1.54, 1.807) is 5.38 Å². The number of ether oxygens (including phenoxy) is 1. The lowest BCUT2D eigenvalue weighted by atomic mass is 10.3. The molecule has 0 amide bonds. The predicted octanol–water partition coefficient (Wildman–Crippen LogP) is 1.47. The van der Waals surface area contributed by atoms with Crippen LogP contribution in [0, 0.1) is 0 Å². The number of hydrogen-bond donors (Lipinski definition) is 1. The van der Waals surface area contributed by atoms with Gasteiger partial charge in [0.1, 0.15) is 0 Å². The van der Waals surface area contributed by atoms with Crippen molar-refractivity contribution in [1.29, 1.82) is 0 Å². The standard InChI is InChI=1S/C6H8N2O2S.C2H6/c1-10-5(9)2-4-3-11-6(7)8-4;1-2/h3H,2H2,1H3,(H2,7,8);1-2H3. The first-order valence-corrected chi connectivity index (χ1v) is 4.87. The lowest BCUT2D eigenvalue weighted by Crippen LogP contribution is -2.04. The third-order valence-electron chi connectivity index (χ3n) is 1.12. The molecule has 1 rings (SSSR count). The van der Waals surface area contributed by atoms with Gasteiger partial charge in [-0.2, -0.15) is 0 Å². The molecule has 1 aromatic heterocycles. The summed E-state index contributed by atoms with van der Waals surface area (Å²) in [6.45, 7) is 4.00. The van der Waals surface area contributed by atoms with Crippen LogP contribution < -0.4 is 5.73 Å². The fraction of sp³-hybridized carbons (Fsp3) is 0.500. The number of anilines is 1. The molecule has 1 heterocycles. The van der Waals surface area contributed by atoms with E-state index in [0.717, 1.165) is 0 Å². The van der Waals surface area contributed by atoms with Crippen LogP contribution in [0.5, 0.6) is 0 Å². The zero-order valence-corrected chi connectivity index (χ0v) is 8.85. The molecule has 0 bridgehead atoms. The number of nitrogen functional groups attached to an aromatic ring is 1. The SMILES string of the molecule is CC.COC(=O)Cc1csc(N)n1. The van der Waals surface area contributed by atoms with Gasteiger partial charge in [0.05, 0.1) is 19.2 Å². The van der Waals surface area contributed by atoms with E-state index in [1.807, 2.05) is 13.8 Å². The second-order valence-electron chi connectivity index (χ2n) is 1.93. The normalized spacial score (nSPS) is 8.54. The molecule has 0 aliphatic carbocycles. The van der Waals surface area contributed by atoms with Crippen LogP contribution in [0.4, 0.5) is 5.13 Å². The molecular weight excluding hydrogens is 188 g/mol. The number of rotatable bonds is 2. The Bertz CT molecular complexity index is 260. The van der Waals surface area contributed by atoms with Gasteiger partial charge in [0, 0.05) is 5.38 Å². The second kappa shape index (κ2) is 6.42. The summed E-state index contributed by atoms with van der Waals surface area (Å²) >= 11 is 1.32. The highest BCUT2D eigenvalue weighted by Gasteiger charge is 2.05. The van der Waals surface area contributed by atoms with Gasteiger partial charge in [-0.3, -0.25) is 4.79 Å². The summed E-state index contributed by atoms with van der Waals surface area (Å²) < 4.78 is 4.45. The summed E-state index contributed by atoms with van der Waals surface area (Å²) in [4.78, 5) is 14.6. The molecule has 74 valence electrons. The first-order chi connectivity index (χ1) is 6.22. The Morgan fingerprint density at radius 3 is 2.69 bits per heavy atom. The zero-order valence-electron chi connectivity index (χ0n) is 8.03. The molecule has 0 saturated carbocycles. The number of thiazole rings is 1. The highest BCUT2D eigenvalue weighted by atomic mass is 32.1. The number of aromatic nitrogens is 1. The number of carbonyl (C=O) groups is 1. The van der Waals surface area contributed by atoms with Gasteiger partial charge >= 0.3 is 5.97 Å². The van der Waals surface area contributed by atoms with Gasteiger partial charge in [0.15, 0.2) is 5.13 Å². The molecular formula is C8H14N2O2S. The molecule has 13 heavy (non-hydrogen) atoms. The maximum atomic E-state index is 10.7. The molecule has 4 nitrogen and oxygen atoms in total. The fourth-order valence-electron chi connectivity index (χ4n) is 0.624. The maximum absolute atomic E-state index is 10.7. The summed E-state index contributed by atoms with van der Waals surface area (Å²) in [5.74, 6) is -0.296. The third-order valence-corrected chi connectivity index (χ3v) is 1.85. The van der Waals surface area contributed by atoms with Gasteiger partial charge in [-0.25, -0.2) is 4.98 Å². The van der Waals surface area contributed by atoms with E-state index < -0.39 is 0 Å². The van der Waals surface area contributed by atoms with Gasteiger partial charge < -0.3 is 10.5 Å². The summed E-state index contributed by atoms with van der Waals surface area (Å²) in [6.07, 6.45) is 0.199. The lowest BCUT2D eigenvalue weighted by Gasteiger charge is -1.93. The van der Waals surface area contributed by atoms with Crippen molar-refractivity contribution in [3.05, 3.63) is 11.1 Å². The van der Waals surface area contributed by atoms with Gasteiger partial charge in [-0.1, -0.05) is 13.8 Å². The molecule has 5 heteroatoms. The molecule has 0 spiro atoms. The number of nitrogens with zero attached hydrogens (tertiary/aromatic N) is 1. The molecule has 0 unspecified atom stereocenters. The molecule has 0 atom stereocenters. The number of carbonyl (C=O) groups excluding carboxylic acids is 1. The van der Waals surface area contributed by atoms with Crippen LogP contribution >= 0.6 is 11.3 Å². The minimum Gasteiger partial charge on any atom is -0.469 e. The molecule has 0 radical (unpaired) electrons. The van der Waals surface area contributed by atoms with Crippen molar-refractivity contribution < 1.29 is 9.53 Å². The Balaban J connectivity index is 0.000000671. The van der Waals surface area contributed by atoms with E-state index in [0.29, 0.717) is 10.8 Å². The maximum Gasteiger partial charge on any atom is 0.311 e. The smallest absolute Gasteiger partial charge is 0.311 e. The minimum absolute atomic E-state index is 0.199. The average Bonchev–Trinajstić information content (AvgIpc) is 2.54. The van der Waals surface area contributed by atoms with Crippen molar-refractivity contribution in [2.45, 2.75) is 20.3 Å². The van der Waals surface area contributed by atoms with E-state index in [1.165, 1.54) is 18.4 Å². The fourth-order valence-corrected chi connectivity index (χ4v) is 1.19. The van der Waals surface area contributed by atoms with Crippen LogP contribution in [0.1, 0.15) is 19.5 Å². The Labute approximate surface area is 81.7 Å². The number of esters is 1. The van der Waals surface area contributed by atoms with Crippen LogP contribution in [-0.2, 0) is 16.0 Å². The zero-order chi connectivity index (χ0) is 10.3. The Kier molecular flexibility index (Phi) is 5.88. The van der Waals surface area contributed by atoms with Gasteiger partial charge in [-0.05, 0) is 0 Å². The summed E-state index contributed by atoms with van der Waals surface area (Å²) in [5, 5.41) is 2.22. The summed E-state index contributed by atoms with van der Waals surface area (Å²) in [5.41, 5.74) is 6.02. The molecule has 2 N–H and O–H groups in total. The molecule has 0 fully saturated rings. The van der Waals surface area contributed by atoms with Crippen LogP contribution in [0.15, 0.2) is 5.38 Å². The Hall–Kier alpha value is -1.10. The molecule has 0 aliphatic heterocycles. The Morgan fingerprint density at radius 2 is 2.31 bits per heavy atom. The summed E-state index contributed by atoms with van der Waals surface area (Å²) in [6, 6.07) is 0. The topological polar surface area (TPSA) is 65.2 Å². The van der Waals surface area contributed by atoms with Crippen molar-refractivity contribution in [2.75, 3.05) is 12.8 Å². The number of nitrogens with two attached hydrogens (primary N) is 1. The number of methoxy groups -OCH3 is 1. The lowest BCUT2D eigenvalue weighted by molar-refractivity contribution is -0.139. The van der Waals surface area contributed by atoms with Gasteiger partial charge in [0.25, 0.3) is 0 Å². The second-order valence-corrected chi connectivity index (χ2v) is 2.82. The highest BCUT2D eigenvalue weighted by molar-refractivity contribution is 7.13. The van der Waals surface area contributed by atoms with Crippen LogP contribution in [0.2, 0.25) is 0 Å². The molecule has 0 aromatic carbocycles. The molecule has 1 aromatic rings. The first-order valence-electron chi connectivity index (χ1n) is 3.99. The molecule has 0 saturated heterocycles. The molecule has 0 aliphatic rings. The minimum atomic E-state index is -0.296. The van der Waals surface area contributed by atoms with Crippen LogP contribution in [0.25, 0.3) is 0 Å². The largest absolute Gasteiger partial charge is 0.469 e.